The molecule has 0 unspecified atom stereocenters. The number of rotatable bonds is 5. The summed E-state index contributed by atoms with van der Waals surface area (Å²) in [6.45, 7) is 2.06. The van der Waals surface area contributed by atoms with Crippen molar-refractivity contribution in [1.82, 2.24) is 9.78 Å². The van der Waals surface area contributed by atoms with E-state index in [-0.39, 0.29) is 5.78 Å². The number of carbonyl (C=O) groups is 1. The van der Waals surface area contributed by atoms with Crippen LogP contribution in [0.3, 0.4) is 0 Å². The first-order valence-electron chi connectivity index (χ1n) is 6.83. The Balaban J connectivity index is 2.19. The van der Waals surface area contributed by atoms with E-state index >= 15 is 0 Å². The predicted octanol–water partition coefficient (Wildman–Crippen LogP) is 2.47. The Morgan fingerprint density at radius 2 is 2.05 bits per heavy atom. The molecule has 0 aliphatic heterocycles. The molecule has 20 heavy (non-hydrogen) atoms. The molecule has 2 aromatic rings. The van der Waals surface area contributed by atoms with Crippen LogP contribution in [0.4, 0.5) is 5.69 Å². The van der Waals surface area contributed by atoms with E-state index in [2.05, 4.69) is 12.0 Å². The molecular weight excluding hydrogens is 250 g/mol. The normalized spacial score (nSPS) is 10.6. The van der Waals surface area contributed by atoms with E-state index < -0.39 is 0 Å². The van der Waals surface area contributed by atoms with Crippen molar-refractivity contribution >= 4 is 11.5 Å². The Morgan fingerprint density at radius 3 is 2.65 bits per heavy atom. The van der Waals surface area contributed by atoms with Gasteiger partial charge in [0, 0.05) is 38.1 Å². The number of hydrogen-bond donors (Lipinski definition) is 0. The van der Waals surface area contributed by atoms with E-state index in [1.165, 1.54) is 0 Å². The third kappa shape index (κ3) is 3.07. The molecule has 0 N–H and O–H groups in total. The molecule has 0 radical (unpaired) electrons. The van der Waals surface area contributed by atoms with Gasteiger partial charge in [0.15, 0.2) is 5.78 Å². The second kappa shape index (κ2) is 5.90. The SMILES string of the molecule is CCc1cc(CC(=O)c2cccc(N(C)C)c2)n(C)n1. The number of aryl methyl sites for hydroxylation is 2. The van der Waals surface area contributed by atoms with Gasteiger partial charge in [-0.3, -0.25) is 9.48 Å². The number of anilines is 1. The maximum Gasteiger partial charge on any atom is 0.168 e. The third-order valence-electron chi connectivity index (χ3n) is 3.42. The van der Waals surface area contributed by atoms with Crippen LogP contribution >= 0.6 is 0 Å². The molecule has 0 spiro atoms. The first kappa shape index (κ1) is 14.3. The van der Waals surface area contributed by atoms with E-state index in [1.54, 1.807) is 4.68 Å². The molecule has 106 valence electrons. The highest BCUT2D eigenvalue weighted by atomic mass is 16.1. The summed E-state index contributed by atoms with van der Waals surface area (Å²) in [7, 11) is 5.83. The van der Waals surface area contributed by atoms with Crippen LogP contribution in [-0.2, 0) is 19.9 Å². The molecule has 0 atom stereocenters. The standard InChI is InChI=1S/C16H21N3O/c1-5-13-10-15(19(4)17-13)11-16(20)12-7-6-8-14(9-12)18(2)3/h6-10H,5,11H2,1-4H3. The lowest BCUT2D eigenvalue weighted by atomic mass is 10.1. The topological polar surface area (TPSA) is 38.1 Å². The second-order valence-electron chi connectivity index (χ2n) is 5.15. The summed E-state index contributed by atoms with van der Waals surface area (Å²) in [4.78, 5) is 14.4. The molecule has 0 aliphatic carbocycles. The van der Waals surface area contributed by atoms with Crippen LogP contribution in [0, 0.1) is 0 Å². The monoisotopic (exact) mass is 271 g/mol. The maximum atomic E-state index is 12.4. The van der Waals surface area contributed by atoms with Crippen LogP contribution in [0.2, 0.25) is 0 Å². The van der Waals surface area contributed by atoms with E-state index in [0.29, 0.717) is 6.42 Å². The summed E-state index contributed by atoms with van der Waals surface area (Å²) in [5.41, 5.74) is 3.77. The lowest BCUT2D eigenvalue weighted by Gasteiger charge is -2.13. The Labute approximate surface area is 120 Å². The predicted molar refractivity (Wildman–Crippen MR) is 81.4 cm³/mol. The second-order valence-corrected chi connectivity index (χ2v) is 5.15. The van der Waals surface area contributed by atoms with Gasteiger partial charge in [-0.2, -0.15) is 5.10 Å². The molecule has 1 aromatic heterocycles. The highest BCUT2D eigenvalue weighted by Crippen LogP contribution is 2.16. The summed E-state index contributed by atoms with van der Waals surface area (Å²) in [6.07, 6.45) is 1.28. The van der Waals surface area contributed by atoms with Gasteiger partial charge in [-0.15, -0.1) is 0 Å². The van der Waals surface area contributed by atoms with Gasteiger partial charge in [0.05, 0.1) is 12.1 Å². The quantitative estimate of drug-likeness (QED) is 0.784. The summed E-state index contributed by atoms with van der Waals surface area (Å²) in [6, 6.07) is 9.72. The average molecular weight is 271 g/mol. The molecular formula is C16H21N3O. The van der Waals surface area contributed by atoms with Crippen molar-refractivity contribution in [3.05, 3.63) is 47.3 Å². The zero-order valence-electron chi connectivity index (χ0n) is 12.6. The van der Waals surface area contributed by atoms with E-state index in [1.807, 2.05) is 56.4 Å². The fourth-order valence-corrected chi connectivity index (χ4v) is 2.13. The number of benzene rings is 1. The third-order valence-corrected chi connectivity index (χ3v) is 3.42. The number of nitrogens with zero attached hydrogens (tertiary/aromatic N) is 3. The first-order chi connectivity index (χ1) is 9.51. The molecule has 1 heterocycles. The zero-order chi connectivity index (χ0) is 14.7. The molecule has 0 saturated heterocycles. The highest BCUT2D eigenvalue weighted by molar-refractivity contribution is 5.98. The minimum Gasteiger partial charge on any atom is -0.378 e. The maximum absolute atomic E-state index is 12.4. The molecule has 0 bridgehead atoms. The van der Waals surface area contributed by atoms with Crippen molar-refractivity contribution in [3.63, 3.8) is 0 Å². The van der Waals surface area contributed by atoms with Crippen LogP contribution in [0.5, 0.6) is 0 Å². The van der Waals surface area contributed by atoms with Crippen LogP contribution < -0.4 is 4.90 Å². The van der Waals surface area contributed by atoms with E-state index in [4.69, 9.17) is 0 Å². The Hall–Kier alpha value is -2.10. The molecule has 1 aromatic carbocycles. The lowest BCUT2D eigenvalue weighted by Crippen LogP contribution is -2.11. The van der Waals surface area contributed by atoms with Crippen molar-refractivity contribution in [2.75, 3.05) is 19.0 Å². The molecule has 0 aliphatic rings. The van der Waals surface area contributed by atoms with Crippen LogP contribution in [-0.4, -0.2) is 29.7 Å². The van der Waals surface area contributed by atoms with Crippen molar-refractivity contribution in [2.45, 2.75) is 19.8 Å². The summed E-state index contributed by atoms with van der Waals surface area (Å²) < 4.78 is 1.80. The van der Waals surface area contributed by atoms with Gasteiger partial charge in [-0.1, -0.05) is 19.1 Å². The number of aromatic nitrogens is 2. The number of Topliss-reactive ketones (excluding diaryl/α,β-unsaturated/α-hetero) is 1. The van der Waals surface area contributed by atoms with E-state index in [9.17, 15) is 4.79 Å². The lowest BCUT2D eigenvalue weighted by molar-refractivity contribution is 0.0991. The molecule has 2 rings (SSSR count). The van der Waals surface area contributed by atoms with Crippen molar-refractivity contribution < 1.29 is 4.79 Å². The van der Waals surface area contributed by atoms with Gasteiger partial charge in [0.25, 0.3) is 0 Å². The van der Waals surface area contributed by atoms with Crippen molar-refractivity contribution in [2.24, 2.45) is 7.05 Å². The van der Waals surface area contributed by atoms with E-state index in [0.717, 1.165) is 29.1 Å². The van der Waals surface area contributed by atoms with Gasteiger partial charge in [-0.25, -0.2) is 0 Å². The molecule has 0 amide bonds. The molecule has 4 nitrogen and oxygen atoms in total. The highest BCUT2D eigenvalue weighted by Gasteiger charge is 2.12. The zero-order valence-corrected chi connectivity index (χ0v) is 12.6. The Kier molecular flexibility index (Phi) is 4.23. The Morgan fingerprint density at radius 1 is 1.30 bits per heavy atom. The fourth-order valence-electron chi connectivity index (χ4n) is 2.13. The Bertz CT molecular complexity index is 614. The first-order valence-corrected chi connectivity index (χ1v) is 6.83. The van der Waals surface area contributed by atoms with Gasteiger partial charge >= 0.3 is 0 Å². The average Bonchev–Trinajstić information content (AvgIpc) is 2.79. The van der Waals surface area contributed by atoms with Gasteiger partial charge in [0.2, 0.25) is 0 Å². The number of hydrogen-bond acceptors (Lipinski definition) is 3. The van der Waals surface area contributed by atoms with Crippen LogP contribution in [0.15, 0.2) is 30.3 Å². The largest absolute Gasteiger partial charge is 0.378 e. The molecule has 0 fully saturated rings. The molecule has 0 saturated carbocycles. The molecule has 4 heteroatoms. The van der Waals surface area contributed by atoms with Crippen molar-refractivity contribution in [3.8, 4) is 0 Å². The van der Waals surface area contributed by atoms with Crippen LogP contribution in [0.1, 0.15) is 28.7 Å². The van der Waals surface area contributed by atoms with Crippen molar-refractivity contribution in [1.29, 1.82) is 0 Å². The van der Waals surface area contributed by atoms with Gasteiger partial charge in [0.1, 0.15) is 0 Å². The smallest absolute Gasteiger partial charge is 0.168 e. The minimum atomic E-state index is 0.124. The summed E-state index contributed by atoms with van der Waals surface area (Å²) in [5.74, 6) is 0.124. The summed E-state index contributed by atoms with van der Waals surface area (Å²) in [5, 5.41) is 4.38. The fraction of sp³-hybridized carbons (Fsp3) is 0.375. The number of ketones is 1. The summed E-state index contributed by atoms with van der Waals surface area (Å²) >= 11 is 0. The van der Waals surface area contributed by atoms with Gasteiger partial charge < -0.3 is 4.90 Å². The minimum absolute atomic E-state index is 0.124. The van der Waals surface area contributed by atoms with Gasteiger partial charge in [-0.05, 0) is 24.6 Å². The number of carbonyl (C=O) groups excluding carboxylic acids is 1. The van der Waals surface area contributed by atoms with Crippen LogP contribution in [0.25, 0.3) is 0 Å².